The van der Waals surface area contributed by atoms with Crippen molar-refractivity contribution in [2.45, 2.75) is 86.0 Å². The van der Waals surface area contributed by atoms with Crippen molar-refractivity contribution in [1.29, 1.82) is 0 Å². The normalized spacial score (nSPS) is 10.4. The molecule has 0 heterocycles. The van der Waals surface area contributed by atoms with Crippen LogP contribution in [-0.2, 0) is 0 Å². The van der Waals surface area contributed by atoms with Gasteiger partial charge in [-0.2, -0.15) is 0 Å². The molecule has 0 aliphatic rings. The minimum absolute atomic E-state index is 0.834. The van der Waals surface area contributed by atoms with Crippen molar-refractivity contribution in [2.24, 2.45) is 11.5 Å². The zero-order chi connectivity index (χ0) is 19.2. The van der Waals surface area contributed by atoms with Crippen molar-refractivity contribution in [1.82, 2.24) is 0 Å². The molecule has 0 radical (unpaired) electrons. The van der Waals surface area contributed by atoms with E-state index in [-0.39, 0.29) is 0 Å². The lowest BCUT2D eigenvalue weighted by Gasteiger charge is -1.99. The molecule has 0 saturated carbocycles. The van der Waals surface area contributed by atoms with Gasteiger partial charge in [-0.15, -0.1) is 0 Å². The average Bonchev–Trinajstić information content (AvgIpc) is 2.56. The minimum Gasteiger partial charge on any atom is -0.403 e. The molecule has 0 rings (SSSR count). The van der Waals surface area contributed by atoms with Gasteiger partial charge in [0, 0.05) is 5.70 Å². The largest absolute Gasteiger partial charge is 0.403 e. The number of rotatable bonds is 10. The first kappa shape index (κ1) is 27.6. The molecule has 0 spiro atoms. The lowest BCUT2D eigenvalue weighted by atomic mass is 10.1. The van der Waals surface area contributed by atoms with Crippen LogP contribution in [0.25, 0.3) is 0 Å². The first-order valence-corrected chi connectivity index (χ1v) is 9.45. The summed E-state index contributed by atoms with van der Waals surface area (Å²) in [7, 11) is 1.50. The summed E-state index contributed by atoms with van der Waals surface area (Å²) < 4.78 is 0. The Morgan fingerprint density at radius 1 is 0.917 bits per heavy atom. The summed E-state index contributed by atoms with van der Waals surface area (Å²) in [6, 6.07) is 0. The maximum Gasteiger partial charge on any atom is 0.000744 e. The van der Waals surface area contributed by atoms with E-state index in [4.69, 9.17) is 5.73 Å². The van der Waals surface area contributed by atoms with E-state index in [1.54, 1.807) is 0 Å². The Balaban J connectivity index is -0.000000333. The van der Waals surface area contributed by atoms with Crippen LogP contribution in [0.3, 0.4) is 0 Å². The zero-order valence-electron chi connectivity index (χ0n) is 17.3. The van der Waals surface area contributed by atoms with Crippen LogP contribution in [0.4, 0.5) is 0 Å². The fourth-order valence-corrected chi connectivity index (χ4v) is 1.91. The second kappa shape index (κ2) is 24.0. The lowest BCUT2D eigenvalue weighted by Crippen LogP contribution is -1.93. The maximum atomic E-state index is 5.44. The number of unbranched alkanes of at least 4 members (excludes halogenated alkanes) is 5. The Bertz CT molecular complexity index is 345. The Kier molecular flexibility index (Phi) is 27.5. The number of allylic oxidation sites excluding steroid dienone is 7. The molecule has 2 nitrogen and oxygen atoms in total. The van der Waals surface area contributed by atoms with E-state index in [9.17, 15) is 0 Å². The molecule has 2 heteroatoms. The fourth-order valence-electron chi connectivity index (χ4n) is 1.91. The SMILES string of the molecule is C/C=C\C(=C/C=C(C)C)CC.C=C(N)CCCCCCCC.CN. The Hall–Kier alpha value is -1.28. The third-order valence-corrected chi connectivity index (χ3v) is 3.27. The molecule has 0 aliphatic heterocycles. The van der Waals surface area contributed by atoms with Crippen LogP contribution in [0.5, 0.6) is 0 Å². The van der Waals surface area contributed by atoms with Crippen LogP contribution in [0.1, 0.15) is 86.0 Å². The molecule has 4 N–H and O–H groups in total. The summed E-state index contributed by atoms with van der Waals surface area (Å²) >= 11 is 0. The Morgan fingerprint density at radius 3 is 1.88 bits per heavy atom. The molecule has 0 atom stereocenters. The lowest BCUT2D eigenvalue weighted by molar-refractivity contribution is 0.606. The summed E-state index contributed by atoms with van der Waals surface area (Å²) in [4.78, 5) is 0. The van der Waals surface area contributed by atoms with Crippen LogP contribution in [0.15, 0.2) is 47.7 Å². The van der Waals surface area contributed by atoms with Gasteiger partial charge in [-0.3, -0.25) is 0 Å². The van der Waals surface area contributed by atoms with E-state index in [1.165, 1.54) is 56.7 Å². The summed E-state index contributed by atoms with van der Waals surface area (Å²) in [5.41, 5.74) is 13.5. The predicted octanol–water partition coefficient (Wildman–Crippen LogP) is 6.65. The van der Waals surface area contributed by atoms with E-state index in [0.29, 0.717) is 0 Å². The van der Waals surface area contributed by atoms with Crippen molar-refractivity contribution < 1.29 is 0 Å². The molecule has 0 unspecified atom stereocenters. The third-order valence-electron chi connectivity index (χ3n) is 3.27. The van der Waals surface area contributed by atoms with Gasteiger partial charge >= 0.3 is 0 Å². The van der Waals surface area contributed by atoms with Crippen molar-refractivity contribution in [2.75, 3.05) is 7.05 Å². The van der Waals surface area contributed by atoms with Gasteiger partial charge in [-0.05, 0) is 52.7 Å². The van der Waals surface area contributed by atoms with E-state index in [2.05, 4.69) is 64.3 Å². The second-order valence-electron chi connectivity index (χ2n) is 6.02. The van der Waals surface area contributed by atoms with Gasteiger partial charge in [-0.1, -0.05) is 82.4 Å². The first-order valence-electron chi connectivity index (χ1n) is 9.45. The molecular weight excluding hydrogens is 292 g/mol. The molecule has 0 aromatic rings. The fraction of sp³-hybridized carbons (Fsp3) is 0.636. The number of hydrogen-bond acceptors (Lipinski definition) is 2. The van der Waals surface area contributed by atoms with Gasteiger partial charge in [-0.25, -0.2) is 0 Å². The monoisotopic (exact) mass is 336 g/mol. The number of hydrogen-bond donors (Lipinski definition) is 2. The van der Waals surface area contributed by atoms with Crippen LogP contribution in [0.2, 0.25) is 0 Å². The minimum atomic E-state index is 0.834. The quantitative estimate of drug-likeness (QED) is 0.346. The topological polar surface area (TPSA) is 52.0 Å². The number of nitrogens with two attached hydrogens (primary N) is 2. The van der Waals surface area contributed by atoms with Crippen molar-refractivity contribution in [3.05, 3.63) is 47.7 Å². The van der Waals surface area contributed by atoms with Crippen LogP contribution in [-0.4, -0.2) is 7.05 Å². The highest BCUT2D eigenvalue weighted by Crippen LogP contribution is 2.08. The molecule has 142 valence electrons. The molecule has 0 bridgehead atoms. The third kappa shape index (κ3) is 28.8. The van der Waals surface area contributed by atoms with Crippen LogP contribution in [0, 0.1) is 0 Å². The zero-order valence-corrected chi connectivity index (χ0v) is 17.3. The van der Waals surface area contributed by atoms with Gasteiger partial charge in [0.15, 0.2) is 0 Å². The van der Waals surface area contributed by atoms with Gasteiger partial charge in [0.25, 0.3) is 0 Å². The van der Waals surface area contributed by atoms with Crippen LogP contribution >= 0.6 is 0 Å². The molecule has 0 amide bonds. The van der Waals surface area contributed by atoms with E-state index < -0.39 is 0 Å². The van der Waals surface area contributed by atoms with E-state index in [0.717, 1.165) is 18.5 Å². The van der Waals surface area contributed by atoms with E-state index >= 15 is 0 Å². The molecular formula is C22H44N2. The van der Waals surface area contributed by atoms with Crippen molar-refractivity contribution >= 4 is 0 Å². The highest BCUT2D eigenvalue weighted by molar-refractivity contribution is 5.24. The molecule has 0 aromatic heterocycles. The molecule has 0 saturated heterocycles. The van der Waals surface area contributed by atoms with E-state index in [1.807, 2.05) is 6.92 Å². The Labute approximate surface area is 152 Å². The summed E-state index contributed by atoms with van der Waals surface area (Å²) in [5.74, 6) is 0. The molecule has 0 aromatic carbocycles. The molecule has 24 heavy (non-hydrogen) atoms. The van der Waals surface area contributed by atoms with Crippen molar-refractivity contribution in [3.63, 3.8) is 0 Å². The summed E-state index contributed by atoms with van der Waals surface area (Å²) in [6.07, 6.45) is 18.7. The van der Waals surface area contributed by atoms with Gasteiger partial charge in [0.2, 0.25) is 0 Å². The van der Waals surface area contributed by atoms with Gasteiger partial charge in [0.05, 0.1) is 0 Å². The predicted molar refractivity (Wildman–Crippen MR) is 114 cm³/mol. The standard InChI is InChI=1S/C11H18.C10H21N.CH5N/c1-5-7-11(6-2)9-8-10(3)4;1-3-4-5-6-7-8-9-10(2)11;1-2/h5,7-9H,6H2,1-4H3;2-9,11H2,1H3;2H2,1H3/b7-5-,11-9-;;. The van der Waals surface area contributed by atoms with Gasteiger partial charge < -0.3 is 11.5 Å². The van der Waals surface area contributed by atoms with Crippen molar-refractivity contribution in [3.8, 4) is 0 Å². The van der Waals surface area contributed by atoms with Gasteiger partial charge in [0.1, 0.15) is 0 Å². The molecule has 0 fully saturated rings. The van der Waals surface area contributed by atoms with Crippen LogP contribution < -0.4 is 11.5 Å². The molecule has 0 aliphatic carbocycles. The summed E-state index contributed by atoms with van der Waals surface area (Å²) in [5, 5.41) is 0. The summed E-state index contributed by atoms with van der Waals surface area (Å²) in [6.45, 7) is 14.3. The smallest absolute Gasteiger partial charge is 0.000744 e. The highest BCUT2D eigenvalue weighted by atomic mass is 14.5. The highest BCUT2D eigenvalue weighted by Gasteiger charge is 1.90. The average molecular weight is 337 g/mol. The first-order chi connectivity index (χ1) is 11.5. The second-order valence-corrected chi connectivity index (χ2v) is 6.02. The Morgan fingerprint density at radius 2 is 1.46 bits per heavy atom. The maximum absolute atomic E-state index is 5.44.